The van der Waals surface area contributed by atoms with Crippen LogP contribution in [-0.2, 0) is 0 Å². The van der Waals surface area contributed by atoms with Gasteiger partial charge in [-0.15, -0.1) is 0 Å². The molecule has 0 aliphatic heterocycles. The molecule has 1 aliphatic carbocycles. The van der Waals surface area contributed by atoms with Crippen molar-refractivity contribution < 1.29 is 4.74 Å². The van der Waals surface area contributed by atoms with Crippen LogP contribution in [0.3, 0.4) is 0 Å². The second-order valence-electron chi connectivity index (χ2n) is 6.71. The number of hydrogen-bond donors (Lipinski definition) is 1. The van der Waals surface area contributed by atoms with E-state index in [-0.39, 0.29) is 0 Å². The van der Waals surface area contributed by atoms with Crippen LogP contribution >= 0.6 is 0 Å². The lowest BCUT2D eigenvalue weighted by Gasteiger charge is -2.35. The van der Waals surface area contributed by atoms with Gasteiger partial charge in [-0.25, -0.2) is 0 Å². The molecule has 0 spiro atoms. The average Bonchev–Trinajstić information content (AvgIpc) is 2.49. The Hall–Kier alpha value is -1.02. The first-order valence-electron chi connectivity index (χ1n) is 8.53. The molecule has 1 fully saturated rings. The normalized spacial score (nSPS) is 23.8. The zero-order chi connectivity index (χ0) is 15.2. The van der Waals surface area contributed by atoms with E-state index < -0.39 is 0 Å². The third kappa shape index (κ3) is 4.23. The average molecular weight is 289 g/mol. The summed E-state index contributed by atoms with van der Waals surface area (Å²) >= 11 is 0. The van der Waals surface area contributed by atoms with Crippen molar-refractivity contribution in [3.05, 3.63) is 29.3 Å². The first-order chi connectivity index (χ1) is 10.2. The lowest BCUT2D eigenvalue weighted by Crippen LogP contribution is -2.32. The van der Waals surface area contributed by atoms with Crippen LogP contribution in [0.5, 0.6) is 5.75 Å². The van der Waals surface area contributed by atoms with Crippen LogP contribution in [0.15, 0.2) is 18.2 Å². The molecule has 1 aliphatic rings. The van der Waals surface area contributed by atoms with E-state index in [1.165, 1.54) is 43.2 Å². The van der Waals surface area contributed by atoms with E-state index in [0.29, 0.717) is 6.04 Å². The highest BCUT2D eigenvalue weighted by molar-refractivity contribution is 5.39. The van der Waals surface area contributed by atoms with Gasteiger partial charge in [-0.05, 0) is 56.2 Å². The molecule has 0 bridgehead atoms. The van der Waals surface area contributed by atoms with Crippen LogP contribution in [0.1, 0.15) is 63.1 Å². The number of ether oxygens (including phenoxy) is 1. The quantitative estimate of drug-likeness (QED) is 0.806. The standard InChI is InChI=1S/C19H31NO/c1-5-11-20-19(16-8-6-7-14(2)12-16)17-10-9-15(3)13-18(17)21-4/h9-10,13-14,16,19-20H,5-8,11-12H2,1-4H3. The van der Waals surface area contributed by atoms with Crippen LogP contribution in [0, 0.1) is 18.8 Å². The van der Waals surface area contributed by atoms with Gasteiger partial charge in [0.15, 0.2) is 0 Å². The molecule has 21 heavy (non-hydrogen) atoms. The van der Waals surface area contributed by atoms with Crippen LogP contribution in [-0.4, -0.2) is 13.7 Å². The van der Waals surface area contributed by atoms with E-state index in [4.69, 9.17) is 4.74 Å². The van der Waals surface area contributed by atoms with Gasteiger partial charge in [-0.3, -0.25) is 0 Å². The largest absolute Gasteiger partial charge is 0.496 e. The first kappa shape index (κ1) is 16.4. The Kier molecular flexibility index (Phi) is 6.10. The third-order valence-corrected chi connectivity index (χ3v) is 4.79. The minimum atomic E-state index is 0.434. The summed E-state index contributed by atoms with van der Waals surface area (Å²) in [6, 6.07) is 7.08. The lowest BCUT2D eigenvalue weighted by molar-refractivity contribution is 0.220. The number of rotatable bonds is 6. The monoisotopic (exact) mass is 289 g/mol. The summed E-state index contributed by atoms with van der Waals surface area (Å²) in [5.74, 6) is 2.63. The van der Waals surface area contributed by atoms with Crippen molar-refractivity contribution in [2.45, 2.75) is 58.9 Å². The summed E-state index contributed by atoms with van der Waals surface area (Å²) in [6.07, 6.45) is 6.60. The van der Waals surface area contributed by atoms with Gasteiger partial charge < -0.3 is 10.1 Å². The van der Waals surface area contributed by atoms with Crippen molar-refractivity contribution in [3.63, 3.8) is 0 Å². The fourth-order valence-electron chi connectivity index (χ4n) is 3.69. The van der Waals surface area contributed by atoms with Crippen molar-refractivity contribution in [1.82, 2.24) is 5.32 Å². The fraction of sp³-hybridized carbons (Fsp3) is 0.684. The van der Waals surface area contributed by atoms with Gasteiger partial charge in [-0.2, -0.15) is 0 Å². The maximum atomic E-state index is 5.66. The second kappa shape index (κ2) is 7.84. The number of aryl methyl sites for hydroxylation is 1. The Morgan fingerprint density at radius 2 is 2.14 bits per heavy atom. The van der Waals surface area contributed by atoms with Crippen molar-refractivity contribution in [2.75, 3.05) is 13.7 Å². The van der Waals surface area contributed by atoms with Gasteiger partial charge in [-0.1, -0.05) is 38.8 Å². The molecule has 0 aromatic heterocycles. The Morgan fingerprint density at radius 3 is 2.81 bits per heavy atom. The number of benzene rings is 1. The molecular formula is C19H31NO. The van der Waals surface area contributed by atoms with E-state index in [0.717, 1.165) is 24.1 Å². The summed E-state index contributed by atoms with van der Waals surface area (Å²) in [4.78, 5) is 0. The minimum Gasteiger partial charge on any atom is -0.496 e. The molecule has 0 radical (unpaired) electrons. The molecule has 1 saturated carbocycles. The van der Waals surface area contributed by atoms with Crippen LogP contribution < -0.4 is 10.1 Å². The predicted octanol–water partition coefficient (Wildman–Crippen LogP) is 4.87. The summed E-state index contributed by atoms with van der Waals surface area (Å²) in [6.45, 7) is 7.84. The van der Waals surface area contributed by atoms with Gasteiger partial charge >= 0.3 is 0 Å². The van der Waals surface area contributed by atoms with Crippen molar-refractivity contribution in [2.24, 2.45) is 11.8 Å². The van der Waals surface area contributed by atoms with Crippen LogP contribution in [0.25, 0.3) is 0 Å². The molecule has 2 rings (SSSR count). The predicted molar refractivity (Wildman–Crippen MR) is 89.9 cm³/mol. The molecule has 0 amide bonds. The van der Waals surface area contributed by atoms with Gasteiger partial charge in [0, 0.05) is 11.6 Å². The van der Waals surface area contributed by atoms with Gasteiger partial charge in [0.25, 0.3) is 0 Å². The summed E-state index contributed by atoms with van der Waals surface area (Å²) in [5, 5.41) is 3.79. The van der Waals surface area contributed by atoms with E-state index >= 15 is 0 Å². The van der Waals surface area contributed by atoms with E-state index in [9.17, 15) is 0 Å². The zero-order valence-corrected chi connectivity index (χ0v) is 14.1. The van der Waals surface area contributed by atoms with Gasteiger partial charge in [0.1, 0.15) is 5.75 Å². The number of methoxy groups -OCH3 is 1. The molecular weight excluding hydrogens is 258 g/mol. The smallest absolute Gasteiger partial charge is 0.123 e. The Morgan fingerprint density at radius 1 is 1.33 bits per heavy atom. The Labute approximate surface area is 130 Å². The first-order valence-corrected chi connectivity index (χ1v) is 8.53. The molecule has 2 nitrogen and oxygen atoms in total. The molecule has 1 aromatic rings. The van der Waals surface area contributed by atoms with Gasteiger partial charge in [0.05, 0.1) is 7.11 Å². The zero-order valence-electron chi connectivity index (χ0n) is 14.1. The molecule has 3 atom stereocenters. The minimum absolute atomic E-state index is 0.434. The van der Waals surface area contributed by atoms with E-state index in [1.807, 2.05) is 0 Å². The molecule has 0 heterocycles. The molecule has 1 aromatic carbocycles. The Balaban J connectivity index is 2.26. The lowest BCUT2D eigenvalue weighted by atomic mass is 9.76. The summed E-state index contributed by atoms with van der Waals surface area (Å²) in [5.41, 5.74) is 2.61. The number of hydrogen-bond acceptors (Lipinski definition) is 2. The highest BCUT2D eigenvalue weighted by atomic mass is 16.5. The highest BCUT2D eigenvalue weighted by Gasteiger charge is 2.29. The number of nitrogens with one attached hydrogen (secondary N) is 1. The maximum absolute atomic E-state index is 5.66. The van der Waals surface area contributed by atoms with Crippen LogP contribution in [0.4, 0.5) is 0 Å². The van der Waals surface area contributed by atoms with Crippen molar-refractivity contribution >= 4 is 0 Å². The molecule has 118 valence electrons. The highest BCUT2D eigenvalue weighted by Crippen LogP contribution is 2.40. The maximum Gasteiger partial charge on any atom is 0.123 e. The summed E-state index contributed by atoms with van der Waals surface area (Å²) in [7, 11) is 1.79. The van der Waals surface area contributed by atoms with E-state index in [2.05, 4.69) is 44.3 Å². The molecule has 1 N–H and O–H groups in total. The molecule has 2 heteroatoms. The summed E-state index contributed by atoms with van der Waals surface area (Å²) < 4.78 is 5.66. The molecule has 3 unspecified atom stereocenters. The van der Waals surface area contributed by atoms with Gasteiger partial charge in [0.2, 0.25) is 0 Å². The van der Waals surface area contributed by atoms with Crippen molar-refractivity contribution in [1.29, 1.82) is 0 Å². The third-order valence-electron chi connectivity index (χ3n) is 4.79. The topological polar surface area (TPSA) is 21.3 Å². The van der Waals surface area contributed by atoms with E-state index in [1.54, 1.807) is 7.11 Å². The molecule has 0 saturated heterocycles. The Bertz CT molecular complexity index is 443. The second-order valence-corrected chi connectivity index (χ2v) is 6.71. The SMILES string of the molecule is CCCNC(c1ccc(C)cc1OC)C1CCCC(C)C1. The van der Waals surface area contributed by atoms with Crippen molar-refractivity contribution in [3.8, 4) is 5.75 Å². The van der Waals surface area contributed by atoms with Crippen LogP contribution in [0.2, 0.25) is 0 Å². The fourth-order valence-corrected chi connectivity index (χ4v) is 3.69.